The van der Waals surface area contributed by atoms with Crippen LogP contribution >= 0.6 is 11.6 Å². The Balaban J connectivity index is 2.17. The molecule has 7 heteroatoms. The highest BCUT2D eigenvalue weighted by atomic mass is 35.5. The van der Waals surface area contributed by atoms with Gasteiger partial charge in [-0.05, 0) is 12.5 Å². The minimum absolute atomic E-state index is 0.0302. The maximum atomic E-state index is 13.1. The van der Waals surface area contributed by atoms with Crippen molar-refractivity contribution in [3.8, 4) is 11.4 Å². The molecule has 0 amide bonds. The third kappa shape index (κ3) is 2.53. The van der Waals surface area contributed by atoms with E-state index in [1.54, 1.807) is 10.6 Å². The van der Waals surface area contributed by atoms with E-state index < -0.39 is 11.7 Å². The van der Waals surface area contributed by atoms with Gasteiger partial charge in [0.15, 0.2) is 5.15 Å². The second-order valence-electron chi connectivity index (χ2n) is 5.12. The van der Waals surface area contributed by atoms with Crippen molar-refractivity contribution in [1.82, 2.24) is 9.55 Å². The van der Waals surface area contributed by atoms with Crippen LogP contribution < -0.4 is 5.73 Å². The quantitative estimate of drug-likeness (QED) is 0.875. The fraction of sp³-hybridized carbons (Fsp3) is 0.357. The Kier molecular flexibility index (Phi) is 3.45. The first-order valence-corrected chi connectivity index (χ1v) is 6.93. The van der Waals surface area contributed by atoms with Crippen LogP contribution in [0.5, 0.6) is 0 Å². The van der Waals surface area contributed by atoms with E-state index in [9.17, 15) is 13.2 Å². The third-order valence-corrected chi connectivity index (χ3v) is 3.98. The van der Waals surface area contributed by atoms with Crippen LogP contribution in [0.25, 0.3) is 11.4 Å². The number of nitrogens with zero attached hydrogens (tertiary/aromatic N) is 2. The van der Waals surface area contributed by atoms with E-state index in [0.717, 1.165) is 6.07 Å². The first kappa shape index (κ1) is 14.4. The first-order chi connectivity index (χ1) is 9.88. The lowest BCUT2D eigenvalue weighted by Crippen LogP contribution is -2.30. The summed E-state index contributed by atoms with van der Waals surface area (Å²) in [5.41, 5.74) is 5.94. The van der Waals surface area contributed by atoms with Crippen LogP contribution in [0, 0.1) is 0 Å². The van der Waals surface area contributed by atoms with E-state index in [-0.39, 0.29) is 22.6 Å². The number of imidazole rings is 1. The summed E-state index contributed by atoms with van der Waals surface area (Å²) < 4.78 is 41.2. The number of halogens is 4. The monoisotopic (exact) mass is 315 g/mol. The number of fused-ring (bicyclic) bond motifs is 1. The molecule has 2 heterocycles. The van der Waals surface area contributed by atoms with Crippen molar-refractivity contribution in [2.75, 3.05) is 0 Å². The van der Waals surface area contributed by atoms with Gasteiger partial charge in [0.05, 0.1) is 11.3 Å². The Labute approximate surface area is 124 Å². The zero-order valence-corrected chi connectivity index (χ0v) is 11.7. The summed E-state index contributed by atoms with van der Waals surface area (Å²) in [7, 11) is 0. The van der Waals surface area contributed by atoms with Crippen molar-refractivity contribution in [1.29, 1.82) is 0 Å². The summed E-state index contributed by atoms with van der Waals surface area (Å²) in [4.78, 5) is 4.14. The predicted octanol–water partition coefficient (Wildman–Crippen LogP) is 3.50. The Morgan fingerprint density at radius 3 is 2.71 bits per heavy atom. The molecular weight excluding hydrogens is 303 g/mol. The van der Waals surface area contributed by atoms with Gasteiger partial charge < -0.3 is 10.3 Å². The van der Waals surface area contributed by atoms with Gasteiger partial charge in [0.25, 0.3) is 0 Å². The van der Waals surface area contributed by atoms with Crippen LogP contribution in [0.2, 0.25) is 5.15 Å². The maximum absolute atomic E-state index is 13.1. The van der Waals surface area contributed by atoms with E-state index >= 15 is 0 Å². The molecule has 2 aromatic rings. The minimum atomic E-state index is -4.43. The average molecular weight is 316 g/mol. The highest BCUT2D eigenvalue weighted by Gasteiger charge is 2.35. The second-order valence-corrected chi connectivity index (χ2v) is 5.48. The summed E-state index contributed by atoms with van der Waals surface area (Å²) in [6.07, 6.45) is -3.21. The van der Waals surface area contributed by atoms with E-state index in [1.807, 2.05) is 0 Å². The molecule has 112 valence electrons. The number of rotatable bonds is 1. The van der Waals surface area contributed by atoms with Crippen LogP contribution in [0.4, 0.5) is 13.2 Å². The Morgan fingerprint density at radius 1 is 1.29 bits per heavy atom. The lowest BCUT2D eigenvalue weighted by atomic mass is 10.0. The van der Waals surface area contributed by atoms with Crippen LogP contribution in [0.1, 0.15) is 17.7 Å². The summed E-state index contributed by atoms with van der Waals surface area (Å²) in [5.74, 6) is 0.259. The minimum Gasteiger partial charge on any atom is -0.327 e. The van der Waals surface area contributed by atoms with E-state index in [0.29, 0.717) is 25.1 Å². The van der Waals surface area contributed by atoms with Gasteiger partial charge in [-0.1, -0.05) is 29.8 Å². The zero-order chi connectivity index (χ0) is 15.2. The molecule has 3 rings (SSSR count). The molecule has 1 unspecified atom stereocenters. The van der Waals surface area contributed by atoms with Gasteiger partial charge in [0, 0.05) is 24.6 Å². The van der Waals surface area contributed by atoms with Gasteiger partial charge in [0.2, 0.25) is 0 Å². The van der Waals surface area contributed by atoms with Crippen molar-refractivity contribution in [3.05, 3.63) is 40.7 Å². The number of nitrogens with two attached hydrogens (primary N) is 1. The van der Waals surface area contributed by atoms with Crippen LogP contribution in [0.15, 0.2) is 24.3 Å². The largest absolute Gasteiger partial charge is 0.417 e. The van der Waals surface area contributed by atoms with Crippen LogP contribution in [0.3, 0.4) is 0 Å². The SMILES string of the molecule is NC1CCn2c(-c3ccccc3C(F)(F)F)nc(Cl)c2C1. The second kappa shape index (κ2) is 5.03. The molecule has 0 spiro atoms. The Morgan fingerprint density at radius 2 is 2.00 bits per heavy atom. The van der Waals surface area contributed by atoms with Gasteiger partial charge in [-0.15, -0.1) is 0 Å². The summed E-state index contributed by atoms with van der Waals surface area (Å²) >= 11 is 6.08. The zero-order valence-electron chi connectivity index (χ0n) is 11.0. The van der Waals surface area contributed by atoms with E-state index in [1.165, 1.54) is 12.1 Å². The highest BCUT2D eigenvalue weighted by Crippen LogP contribution is 2.38. The van der Waals surface area contributed by atoms with Gasteiger partial charge in [0.1, 0.15) is 5.82 Å². The molecule has 1 aromatic heterocycles. The summed E-state index contributed by atoms with van der Waals surface area (Å²) in [5, 5.41) is 0.233. The van der Waals surface area contributed by atoms with Gasteiger partial charge in [-0.25, -0.2) is 4.98 Å². The van der Waals surface area contributed by atoms with Crippen molar-refractivity contribution in [3.63, 3.8) is 0 Å². The van der Waals surface area contributed by atoms with Gasteiger partial charge in [-0.3, -0.25) is 0 Å². The molecule has 2 N–H and O–H groups in total. The molecule has 3 nitrogen and oxygen atoms in total. The number of benzene rings is 1. The van der Waals surface area contributed by atoms with Crippen LogP contribution in [-0.4, -0.2) is 15.6 Å². The molecule has 0 bridgehead atoms. The number of alkyl halides is 3. The molecule has 0 radical (unpaired) electrons. The maximum Gasteiger partial charge on any atom is 0.417 e. The predicted molar refractivity (Wildman–Crippen MR) is 74.0 cm³/mol. The molecule has 1 aromatic carbocycles. The van der Waals surface area contributed by atoms with Crippen molar-refractivity contribution >= 4 is 11.6 Å². The summed E-state index contributed by atoms with van der Waals surface area (Å²) in [6.45, 7) is 0.526. The highest BCUT2D eigenvalue weighted by molar-refractivity contribution is 6.30. The standard InChI is InChI=1S/C14H13ClF3N3/c15-12-11-7-8(19)5-6-21(11)13(20-12)9-3-1-2-4-10(9)14(16,17)18/h1-4,8H,5-7,19H2. The lowest BCUT2D eigenvalue weighted by molar-refractivity contribution is -0.137. The molecule has 21 heavy (non-hydrogen) atoms. The lowest BCUT2D eigenvalue weighted by Gasteiger charge is -2.22. The molecule has 1 atom stereocenters. The van der Waals surface area contributed by atoms with E-state index in [4.69, 9.17) is 17.3 Å². The third-order valence-electron chi connectivity index (χ3n) is 3.68. The Hall–Kier alpha value is -1.53. The van der Waals surface area contributed by atoms with Crippen molar-refractivity contribution in [2.24, 2.45) is 5.73 Å². The number of aromatic nitrogens is 2. The van der Waals surface area contributed by atoms with E-state index in [2.05, 4.69) is 4.98 Å². The average Bonchev–Trinajstić information content (AvgIpc) is 2.75. The normalized spacial score (nSPS) is 18.6. The first-order valence-electron chi connectivity index (χ1n) is 6.55. The molecule has 0 aliphatic carbocycles. The molecule has 0 fully saturated rings. The number of hydrogen-bond acceptors (Lipinski definition) is 2. The molecule has 1 aliphatic heterocycles. The van der Waals surface area contributed by atoms with Crippen LogP contribution in [-0.2, 0) is 19.1 Å². The summed E-state index contributed by atoms with van der Waals surface area (Å²) in [6, 6.07) is 5.37. The Bertz CT molecular complexity index is 679. The van der Waals surface area contributed by atoms with Crippen molar-refractivity contribution < 1.29 is 13.2 Å². The number of hydrogen-bond donors (Lipinski definition) is 1. The molecule has 0 saturated carbocycles. The fourth-order valence-corrected chi connectivity index (χ4v) is 2.93. The molecular formula is C14H13ClF3N3. The molecule has 1 aliphatic rings. The van der Waals surface area contributed by atoms with Gasteiger partial charge in [-0.2, -0.15) is 13.2 Å². The van der Waals surface area contributed by atoms with Gasteiger partial charge >= 0.3 is 6.18 Å². The smallest absolute Gasteiger partial charge is 0.327 e. The molecule has 0 saturated heterocycles. The topological polar surface area (TPSA) is 43.8 Å². The van der Waals surface area contributed by atoms with Crippen molar-refractivity contribution in [2.45, 2.75) is 31.6 Å². The fourth-order valence-electron chi connectivity index (χ4n) is 2.67.